The maximum absolute atomic E-state index is 9.27. The first-order valence-electron chi connectivity index (χ1n) is 6.58. The molecule has 1 aromatic carbocycles. The normalized spacial score (nSPS) is 13.2. The Balaban J connectivity index is 3.36. The van der Waals surface area contributed by atoms with Crippen molar-refractivity contribution in [2.75, 3.05) is 6.61 Å². The van der Waals surface area contributed by atoms with Crippen LogP contribution in [0.4, 0.5) is 0 Å². The molecule has 0 bridgehead atoms. The smallest absolute Gasteiger partial charge is 0.0436 e. The molecule has 1 unspecified atom stereocenters. The lowest BCUT2D eigenvalue weighted by Crippen LogP contribution is -2.13. The summed E-state index contributed by atoms with van der Waals surface area (Å²) in [7, 11) is 0. The molecule has 0 saturated carbocycles. The SMILES string of the molecule is Cc1cc(C)c(C)c(C(CCO)C(C)C)c1C. The van der Waals surface area contributed by atoms with Gasteiger partial charge in [0.15, 0.2) is 0 Å². The summed E-state index contributed by atoms with van der Waals surface area (Å²) in [5, 5.41) is 9.27. The average Bonchev–Trinajstić information content (AvgIpc) is 2.25. The molecule has 1 N–H and O–H groups in total. The van der Waals surface area contributed by atoms with E-state index in [-0.39, 0.29) is 6.61 Å². The Kier molecular flexibility index (Phi) is 4.76. The second-order valence-corrected chi connectivity index (χ2v) is 5.54. The van der Waals surface area contributed by atoms with E-state index in [1.165, 1.54) is 27.8 Å². The number of aryl methyl sites for hydroxylation is 2. The van der Waals surface area contributed by atoms with E-state index in [2.05, 4.69) is 47.6 Å². The van der Waals surface area contributed by atoms with E-state index in [0.29, 0.717) is 11.8 Å². The van der Waals surface area contributed by atoms with Crippen LogP contribution in [0.2, 0.25) is 0 Å². The van der Waals surface area contributed by atoms with Gasteiger partial charge in [-0.3, -0.25) is 0 Å². The molecule has 0 saturated heterocycles. The van der Waals surface area contributed by atoms with Gasteiger partial charge in [0.2, 0.25) is 0 Å². The molecule has 0 aromatic heterocycles. The molecule has 17 heavy (non-hydrogen) atoms. The lowest BCUT2D eigenvalue weighted by molar-refractivity contribution is 0.261. The molecule has 0 aliphatic heterocycles. The van der Waals surface area contributed by atoms with Gasteiger partial charge in [-0.25, -0.2) is 0 Å². The van der Waals surface area contributed by atoms with Gasteiger partial charge >= 0.3 is 0 Å². The van der Waals surface area contributed by atoms with Crippen LogP contribution in [0.25, 0.3) is 0 Å². The first kappa shape index (κ1) is 14.2. The third kappa shape index (κ3) is 2.90. The fourth-order valence-electron chi connectivity index (χ4n) is 2.75. The van der Waals surface area contributed by atoms with Crippen LogP contribution in [0, 0.1) is 33.6 Å². The summed E-state index contributed by atoms with van der Waals surface area (Å²) in [6.45, 7) is 13.6. The highest BCUT2D eigenvalue weighted by Gasteiger charge is 2.21. The molecule has 1 nitrogen and oxygen atoms in total. The van der Waals surface area contributed by atoms with Crippen molar-refractivity contribution < 1.29 is 5.11 Å². The summed E-state index contributed by atoms with van der Waals surface area (Å²) < 4.78 is 0. The van der Waals surface area contributed by atoms with Crippen LogP contribution in [0.3, 0.4) is 0 Å². The van der Waals surface area contributed by atoms with Crippen molar-refractivity contribution in [2.24, 2.45) is 5.92 Å². The molecule has 0 fully saturated rings. The zero-order valence-electron chi connectivity index (χ0n) is 12.1. The predicted molar refractivity (Wildman–Crippen MR) is 74.7 cm³/mol. The fourth-order valence-corrected chi connectivity index (χ4v) is 2.75. The van der Waals surface area contributed by atoms with Crippen molar-refractivity contribution in [3.8, 4) is 0 Å². The van der Waals surface area contributed by atoms with Crippen LogP contribution in [-0.4, -0.2) is 11.7 Å². The Morgan fingerprint density at radius 1 is 1.00 bits per heavy atom. The largest absolute Gasteiger partial charge is 0.396 e. The van der Waals surface area contributed by atoms with Crippen LogP contribution >= 0.6 is 0 Å². The zero-order valence-corrected chi connectivity index (χ0v) is 12.1. The topological polar surface area (TPSA) is 20.2 Å². The number of benzene rings is 1. The number of aliphatic hydroxyl groups is 1. The molecule has 0 spiro atoms. The molecule has 1 rings (SSSR count). The van der Waals surface area contributed by atoms with E-state index < -0.39 is 0 Å². The van der Waals surface area contributed by atoms with E-state index in [1.807, 2.05) is 0 Å². The summed E-state index contributed by atoms with van der Waals surface area (Å²) in [6, 6.07) is 2.27. The van der Waals surface area contributed by atoms with Gasteiger partial charge in [-0.05, 0) is 73.8 Å². The number of aliphatic hydroxyl groups excluding tert-OH is 1. The first-order chi connectivity index (χ1) is 7.90. The molecule has 0 amide bonds. The summed E-state index contributed by atoms with van der Waals surface area (Å²) >= 11 is 0. The van der Waals surface area contributed by atoms with Gasteiger partial charge in [-0.2, -0.15) is 0 Å². The second kappa shape index (κ2) is 5.68. The van der Waals surface area contributed by atoms with E-state index >= 15 is 0 Å². The van der Waals surface area contributed by atoms with Crippen molar-refractivity contribution in [3.63, 3.8) is 0 Å². The van der Waals surface area contributed by atoms with Crippen LogP contribution in [-0.2, 0) is 0 Å². The van der Waals surface area contributed by atoms with Crippen molar-refractivity contribution in [2.45, 2.75) is 53.9 Å². The third-order valence-electron chi connectivity index (χ3n) is 4.04. The Hall–Kier alpha value is -0.820. The van der Waals surface area contributed by atoms with Gasteiger partial charge in [0, 0.05) is 6.61 Å². The minimum absolute atomic E-state index is 0.273. The predicted octanol–water partition coefficient (Wildman–Crippen LogP) is 4.04. The average molecular weight is 234 g/mol. The van der Waals surface area contributed by atoms with Crippen molar-refractivity contribution in [1.82, 2.24) is 0 Å². The van der Waals surface area contributed by atoms with Crippen molar-refractivity contribution in [1.29, 1.82) is 0 Å². The molecule has 1 aromatic rings. The highest BCUT2D eigenvalue weighted by molar-refractivity contribution is 5.46. The maximum atomic E-state index is 9.27. The molecular formula is C16H26O. The molecule has 1 atom stereocenters. The van der Waals surface area contributed by atoms with E-state index in [4.69, 9.17) is 0 Å². The van der Waals surface area contributed by atoms with Crippen LogP contribution < -0.4 is 0 Å². The fraction of sp³-hybridized carbons (Fsp3) is 0.625. The van der Waals surface area contributed by atoms with Gasteiger partial charge in [0.1, 0.15) is 0 Å². The van der Waals surface area contributed by atoms with Crippen LogP contribution in [0.1, 0.15) is 54.0 Å². The van der Waals surface area contributed by atoms with Gasteiger partial charge < -0.3 is 5.11 Å². The molecule has 1 heteroatoms. The molecular weight excluding hydrogens is 208 g/mol. The first-order valence-corrected chi connectivity index (χ1v) is 6.58. The Labute approximate surface area is 106 Å². The zero-order chi connectivity index (χ0) is 13.2. The molecule has 0 radical (unpaired) electrons. The van der Waals surface area contributed by atoms with Crippen LogP contribution in [0.5, 0.6) is 0 Å². The Morgan fingerprint density at radius 2 is 1.47 bits per heavy atom. The molecule has 96 valence electrons. The minimum Gasteiger partial charge on any atom is -0.396 e. The van der Waals surface area contributed by atoms with Crippen molar-refractivity contribution in [3.05, 3.63) is 33.9 Å². The Bertz CT molecular complexity index is 365. The highest BCUT2D eigenvalue weighted by atomic mass is 16.3. The van der Waals surface area contributed by atoms with Gasteiger partial charge in [-0.15, -0.1) is 0 Å². The monoisotopic (exact) mass is 234 g/mol. The summed E-state index contributed by atoms with van der Waals surface area (Å²) in [6.07, 6.45) is 0.863. The summed E-state index contributed by atoms with van der Waals surface area (Å²) in [4.78, 5) is 0. The molecule has 0 aliphatic rings. The van der Waals surface area contributed by atoms with Crippen molar-refractivity contribution >= 4 is 0 Å². The number of hydrogen-bond acceptors (Lipinski definition) is 1. The number of rotatable bonds is 4. The summed E-state index contributed by atoms with van der Waals surface area (Å²) in [5.74, 6) is 1.04. The molecule has 0 heterocycles. The second-order valence-electron chi connectivity index (χ2n) is 5.54. The lowest BCUT2D eigenvalue weighted by Gasteiger charge is -2.26. The van der Waals surface area contributed by atoms with Gasteiger partial charge in [-0.1, -0.05) is 19.9 Å². The van der Waals surface area contributed by atoms with Gasteiger partial charge in [0.05, 0.1) is 0 Å². The highest BCUT2D eigenvalue weighted by Crippen LogP contribution is 2.35. The number of hydrogen-bond donors (Lipinski definition) is 1. The van der Waals surface area contributed by atoms with Gasteiger partial charge in [0.25, 0.3) is 0 Å². The molecule has 0 aliphatic carbocycles. The third-order valence-corrected chi connectivity index (χ3v) is 4.04. The maximum Gasteiger partial charge on any atom is 0.0436 e. The lowest BCUT2D eigenvalue weighted by atomic mass is 9.79. The van der Waals surface area contributed by atoms with Crippen LogP contribution in [0.15, 0.2) is 6.07 Å². The van der Waals surface area contributed by atoms with E-state index in [1.54, 1.807) is 0 Å². The quantitative estimate of drug-likeness (QED) is 0.833. The van der Waals surface area contributed by atoms with E-state index in [0.717, 1.165) is 6.42 Å². The Morgan fingerprint density at radius 3 is 1.82 bits per heavy atom. The summed E-state index contributed by atoms with van der Waals surface area (Å²) in [5.41, 5.74) is 7.01. The minimum atomic E-state index is 0.273. The standard InChI is InChI=1S/C16H26O/c1-10(2)15(7-8-17)16-13(5)11(3)9-12(4)14(16)6/h9-10,15,17H,7-8H2,1-6H3. The van der Waals surface area contributed by atoms with E-state index in [9.17, 15) is 5.11 Å².